The molecule has 1 N–H and O–H groups in total. The third kappa shape index (κ3) is 4.88. The zero-order valence-corrected chi connectivity index (χ0v) is 15.4. The molecule has 1 aromatic heterocycles. The van der Waals surface area contributed by atoms with Crippen LogP contribution in [0.3, 0.4) is 0 Å². The number of carbonyl (C=O) groups is 1. The molecule has 5 heteroatoms. The predicted molar refractivity (Wildman–Crippen MR) is 101 cm³/mol. The summed E-state index contributed by atoms with van der Waals surface area (Å²) in [6.45, 7) is 2.70. The number of hydrogen-bond acceptors (Lipinski definition) is 4. The van der Waals surface area contributed by atoms with E-state index < -0.39 is 0 Å². The monoisotopic (exact) mass is 356 g/mol. The number of hydrogen-bond donors (Lipinski definition) is 1. The van der Waals surface area contributed by atoms with E-state index >= 15 is 0 Å². The van der Waals surface area contributed by atoms with Crippen molar-refractivity contribution < 1.29 is 13.9 Å². The van der Waals surface area contributed by atoms with Crippen molar-refractivity contribution in [3.63, 3.8) is 0 Å². The molecule has 1 atom stereocenters. The second kappa shape index (κ2) is 9.43. The zero-order chi connectivity index (χ0) is 18.2. The van der Waals surface area contributed by atoms with E-state index in [1.807, 2.05) is 36.4 Å². The van der Waals surface area contributed by atoms with E-state index in [4.69, 9.17) is 9.15 Å². The van der Waals surface area contributed by atoms with Crippen LogP contribution < -0.4 is 10.1 Å². The summed E-state index contributed by atoms with van der Waals surface area (Å²) in [6.07, 6.45) is 6.52. The maximum Gasteiger partial charge on any atom is 0.220 e. The Hall–Kier alpha value is -2.27. The van der Waals surface area contributed by atoms with Crippen LogP contribution >= 0.6 is 0 Å². The number of nitrogens with one attached hydrogen (secondary N) is 1. The SMILES string of the molecule is COc1ccccc1CCC(=O)NCC(c1ccco1)N1CCCCC1. The minimum absolute atomic E-state index is 0.0597. The molecule has 0 aliphatic carbocycles. The summed E-state index contributed by atoms with van der Waals surface area (Å²) in [5.41, 5.74) is 1.06. The number of para-hydroxylation sites is 1. The quantitative estimate of drug-likeness (QED) is 0.786. The highest BCUT2D eigenvalue weighted by Gasteiger charge is 2.24. The Kier molecular flexibility index (Phi) is 6.72. The fourth-order valence-corrected chi connectivity index (χ4v) is 3.58. The van der Waals surface area contributed by atoms with E-state index in [2.05, 4.69) is 10.2 Å². The van der Waals surface area contributed by atoms with Crippen LogP contribution in [-0.4, -0.2) is 37.6 Å². The van der Waals surface area contributed by atoms with Gasteiger partial charge in [0.15, 0.2) is 0 Å². The van der Waals surface area contributed by atoms with E-state index in [1.54, 1.807) is 13.4 Å². The molecule has 1 amide bonds. The fraction of sp³-hybridized carbons (Fsp3) is 0.476. The highest BCUT2D eigenvalue weighted by molar-refractivity contribution is 5.76. The van der Waals surface area contributed by atoms with Crippen LogP contribution in [0.2, 0.25) is 0 Å². The molecule has 0 radical (unpaired) electrons. The van der Waals surface area contributed by atoms with Crippen LogP contribution in [0, 0.1) is 0 Å². The van der Waals surface area contributed by atoms with Crippen molar-refractivity contribution in [3.05, 3.63) is 54.0 Å². The van der Waals surface area contributed by atoms with Crippen LogP contribution in [0.4, 0.5) is 0 Å². The molecule has 5 nitrogen and oxygen atoms in total. The van der Waals surface area contributed by atoms with Crippen LogP contribution in [0.15, 0.2) is 47.1 Å². The fourth-order valence-electron chi connectivity index (χ4n) is 3.58. The normalized spacial score (nSPS) is 16.2. The molecule has 140 valence electrons. The molecular formula is C21H28N2O3. The molecule has 26 heavy (non-hydrogen) atoms. The first kappa shape index (κ1) is 18.5. The number of furan rings is 1. The van der Waals surface area contributed by atoms with Gasteiger partial charge in [-0.2, -0.15) is 0 Å². The maximum atomic E-state index is 12.4. The predicted octanol–water partition coefficient (Wildman–Crippen LogP) is 3.56. The Morgan fingerprint density at radius 1 is 1.19 bits per heavy atom. The lowest BCUT2D eigenvalue weighted by Crippen LogP contribution is -2.40. The van der Waals surface area contributed by atoms with Gasteiger partial charge in [-0.25, -0.2) is 0 Å². The van der Waals surface area contributed by atoms with Gasteiger partial charge < -0.3 is 14.5 Å². The van der Waals surface area contributed by atoms with E-state index in [1.165, 1.54) is 19.3 Å². The number of nitrogens with zero attached hydrogens (tertiary/aromatic N) is 1. The highest BCUT2D eigenvalue weighted by Crippen LogP contribution is 2.24. The lowest BCUT2D eigenvalue weighted by Gasteiger charge is -2.33. The molecule has 1 unspecified atom stereocenters. The summed E-state index contributed by atoms with van der Waals surface area (Å²) >= 11 is 0. The first-order valence-corrected chi connectivity index (χ1v) is 9.44. The molecule has 2 aromatic rings. The van der Waals surface area contributed by atoms with Gasteiger partial charge in [-0.3, -0.25) is 9.69 Å². The standard InChI is InChI=1S/C21H28N2O3/c1-25-19-9-4-3-8-17(19)11-12-21(24)22-16-18(20-10-7-15-26-20)23-13-5-2-6-14-23/h3-4,7-10,15,18H,2,5-6,11-14,16H2,1H3,(H,22,24). The smallest absolute Gasteiger partial charge is 0.220 e. The van der Waals surface area contributed by atoms with Crippen molar-refractivity contribution in [2.45, 2.75) is 38.1 Å². The Morgan fingerprint density at radius 3 is 2.73 bits per heavy atom. The van der Waals surface area contributed by atoms with Crippen LogP contribution in [-0.2, 0) is 11.2 Å². The summed E-state index contributed by atoms with van der Waals surface area (Å²) in [5, 5.41) is 3.09. The zero-order valence-electron chi connectivity index (χ0n) is 15.4. The van der Waals surface area contributed by atoms with Gasteiger partial charge in [0, 0.05) is 13.0 Å². The second-order valence-corrected chi connectivity index (χ2v) is 6.74. The van der Waals surface area contributed by atoms with E-state index in [0.717, 1.165) is 30.2 Å². The number of rotatable bonds is 8. The maximum absolute atomic E-state index is 12.4. The molecule has 1 saturated heterocycles. The molecule has 1 aliphatic rings. The van der Waals surface area contributed by atoms with Crippen molar-refractivity contribution in [1.82, 2.24) is 10.2 Å². The number of aryl methyl sites for hydroxylation is 1. The highest BCUT2D eigenvalue weighted by atomic mass is 16.5. The van der Waals surface area contributed by atoms with Crippen molar-refractivity contribution in [1.29, 1.82) is 0 Å². The van der Waals surface area contributed by atoms with Gasteiger partial charge in [-0.1, -0.05) is 24.6 Å². The van der Waals surface area contributed by atoms with Gasteiger partial charge >= 0.3 is 0 Å². The van der Waals surface area contributed by atoms with Gasteiger partial charge in [-0.05, 0) is 56.1 Å². The molecule has 2 heterocycles. The number of piperidine rings is 1. The third-order valence-electron chi connectivity index (χ3n) is 5.01. The minimum Gasteiger partial charge on any atom is -0.496 e. The summed E-state index contributed by atoms with van der Waals surface area (Å²) in [7, 11) is 1.66. The van der Waals surface area contributed by atoms with Crippen LogP contribution in [0.1, 0.15) is 43.0 Å². The van der Waals surface area contributed by atoms with Gasteiger partial charge in [-0.15, -0.1) is 0 Å². The molecular weight excluding hydrogens is 328 g/mol. The Morgan fingerprint density at radius 2 is 2.00 bits per heavy atom. The number of benzene rings is 1. The number of methoxy groups -OCH3 is 1. The molecule has 1 aromatic carbocycles. The van der Waals surface area contributed by atoms with Gasteiger partial charge in [0.25, 0.3) is 0 Å². The Balaban J connectivity index is 1.54. The van der Waals surface area contributed by atoms with Gasteiger partial charge in [0.2, 0.25) is 5.91 Å². The molecule has 0 saturated carbocycles. The molecule has 0 bridgehead atoms. The van der Waals surface area contributed by atoms with Crippen LogP contribution in [0.25, 0.3) is 0 Å². The van der Waals surface area contributed by atoms with E-state index in [0.29, 0.717) is 19.4 Å². The summed E-state index contributed by atoms with van der Waals surface area (Å²) in [4.78, 5) is 14.8. The average molecular weight is 356 g/mol. The number of ether oxygens (including phenoxy) is 1. The average Bonchev–Trinajstić information content (AvgIpc) is 3.22. The van der Waals surface area contributed by atoms with Crippen molar-refractivity contribution in [2.75, 3.05) is 26.7 Å². The Labute approximate surface area is 155 Å². The van der Waals surface area contributed by atoms with Crippen molar-refractivity contribution in [2.24, 2.45) is 0 Å². The Bertz CT molecular complexity index is 678. The minimum atomic E-state index is 0.0597. The molecule has 1 fully saturated rings. The van der Waals surface area contributed by atoms with Gasteiger partial charge in [0.1, 0.15) is 11.5 Å². The molecule has 1 aliphatic heterocycles. The molecule has 3 rings (SSSR count). The lowest BCUT2D eigenvalue weighted by atomic mass is 10.1. The van der Waals surface area contributed by atoms with Gasteiger partial charge in [0.05, 0.1) is 19.4 Å². The van der Waals surface area contributed by atoms with E-state index in [-0.39, 0.29) is 11.9 Å². The summed E-state index contributed by atoms with van der Waals surface area (Å²) < 4.78 is 11.0. The van der Waals surface area contributed by atoms with Crippen molar-refractivity contribution >= 4 is 5.91 Å². The van der Waals surface area contributed by atoms with E-state index in [9.17, 15) is 4.79 Å². The topological polar surface area (TPSA) is 54.7 Å². The largest absolute Gasteiger partial charge is 0.496 e. The van der Waals surface area contributed by atoms with Crippen LogP contribution in [0.5, 0.6) is 5.75 Å². The van der Waals surface area contributed by atoms with Crippen molar-refractivity contribution in [3.8, 4) is 5.75 Å². The second-order valence-electron chi connectivity index (χ2n) is 6.74. The first-order valence-electron chi connectivity index (χ1n) is 9.44. The first-order chi connectivity index (χ1) is 12.8. The summed E-state index contributed by atoms with van der Waals surface area (Å²) in [6, 6.07) is 11.9. The lowest BCUT2D eigenvalue weighted by molar-refractivity contribution is -0.121. The summed E-state index contributed by atoms with van der Waals surface area (Å²) in [5.74, 6) is 1.82. The number of carbonyl (C=O) groups excluding carboxylic acids is 1. The molecule has 0 spiro atoms. The number of amides is 1. The third-order valence-corrected chi connectivity index (χ3v) is 5.01. The number of likely N-dealkylation sites (tertiary alicyclic amines) is 1.